The van der Waals surface area contributed by atoms with Crippen molar-refractivity contribution in [1.82, 2.24) is 26.6 Å². The first-order valence-electron chi connectivity index (χ1n) is 17.6. The molecule has 5 amide bonds. The predicted molar refractivity (Wildman–Crippen MR) is 197 cm³/mol. The summed E-state index contributed by atoms with van der Waals surface area (Å²) in [5.74, 6) is -8.75. The summed E-state index contributed by atoms with van der Waals surface area (Å²) in [6, 6.07) is 2.10. The van der Waals surface area contributed by atoms with Gasteiger partial charge in [0.15, 0.2) is 6.29 Å². The van der Waals surface area contributed by atoms with Gasteiger partial charge in [-0.15, -0.1) is 0 Å². The van der Waals surface area contributed by atoms with E-state index in [-0.39, 0.29) is 18.1 Å². The molecule has 23 heteroatoms. The molecule has 12 N–H and O–H groups in total. The Morgan fingerprint density at radius 2 is 1.56 bits per heavy atom. The summed E-state index contributed by atoms with van der Waals surface area (Å²) in [4.78, 5) is 97.3. The van der Waals surface area contributed by atoms with E-state index in [1.807, 2.05) is 0 Å². The number of carboxylic acid groups (broad SMARTS) is 3. The van der Waals surface area contributed by atoms with Gasteiger partial charge in [0, 0.05) is 24.9 Å². The number of aliphatic carboxylic acids is 3. The molecule has 1 fully saturated rings. The number of benzene rings is 1. The first-order valence-corrected chi connectivity index (χ1v) is 18.7. The highest BCUT2D eigenvalue weighted by Crippen LogP contribution is 2.26. The van der Waals surface area contributed by atoms with Crippen LogP contribution in [0.25, 0.3) is 0 Å². The predicted octanol–water partition coefficient (Wildman–Crippen LogP) is -3.76. The Morgan fingerprint density at radius 3 is 2.14 bits per heavy atom. The lowest BCUT2D eigenvalue weighted by Gasteiger charge is -2.44. The van der Waals surface area contributed by atoms with E-state index in [1.54, 1.807) is 30.3 Å². The molecule has 10 atom stereocenters. The van der Waals surface area contributed by atoms with Gasteiger partial charge in [-0.3, -0.25) is 33.6 Å². The molecule has 0 saturated carbocycles. The fraction of sp³-hybridized carbons (Fsp3) is 0.588. The lowest BCUT2D eigenvalue weighted by Crippen LogP contribution is -2.66. The average Bonchev–Trinajstić information content (AvgIpc) is 3.15. The third-order valence-corrected chi connectivity index (χ3v) is 9.37. The number of nitrogens with one attached hydrogen (secondary N) is 5. The molecule has 0 spiro atoms. The van der Waals surface area contributed by atoms with E-state index >= 15 is 0 Å². The molecule has 1 aromatic carbocycles. The summed E-state index contributed by atoms with van der Waals surface area (Å²) >= 11 is 0.890. The smallest absolute Gasteiger partial charge is 0.326 e. The zero-order valence-corrected chi connectivity index (χ0v) is 32.1. The van der Waals surface area contributed by atoms with Gasteiger partial charge in [-0.1, -0.05) is 30.3 Å². The highest BCUT2D eigenvalue weighted by Gasteiger charge is 2.48. The van der Waals surface area contributed by atoms with Crippen LogP contribution in [0.15, 0.2) is 30.3 Å². The van der Waals surface area contributed by atoms with Crippen molar-refractivity contribution in [1.29, 1.82) is 0 Å². The van der Waals surface area contributed by atoms with Crippen LogP contribution in [0.1, 0.15) is 39.2 Å². The normalized spacial score (nSPS) is 21.7. The van der Waals surface area contributed by atoms with Crippen LogP contribution >= 0.6 is 11.8 Å². The number of thioether (sulfide) groups is 1. The highest BCUT2D eigenvalue weighted by molar-refractivity contribution is 7.99. The van der Waals surface area contributed by atoms with Gasteiger partial charge >= 0.3 is 17.9 Å². The summed E-state index contributed by atoms with van der Waals surface area (Å²) in [6.07, 6.45) is -7.83. The second-order valence-electron chi connectivity index (χ2n) is 12.9. The van der Waals surface area contributed by atoms with Gasteiger partial charge < -0.3 is 72.1 Å². The van der Waals surface area contributed by atoms with Crippen LogP contribution in [0.5, 0.6) is 0 Å². The molecule has 0 bridgehead atoms. The Balaban J connectivity index is 2.03. The topological polar surface area (TPSA) is 352 Å². The van der Waals surface area contributed by atoms with Gasteiger partial charge in [0.2, 0.25) is 29.5 Å². The summed E-state index contributed by atoms with van der Waals surface area (Å²) in [6.45, 7) is 2.29. The molecule has 1 aromatic rings. The Bertz CT molecular complexity index is 1560. The van der Waals surface area contributed by atoms with E-state index in [2.05, 4.69) is 26.6 Å². The number of nitrogens with two attached hydrogens (primary N) is 1. The molecule has 57 heavy (non-hydrogen) atoms. The van der Waals surface area contributed by atoms with E-state index in [0.717, 1.165) is 17.3 Å². The fourth-order valence-corrected chi connectivity index (χ4v) is 6.16. The van der Waals surface area contributed by atoms with Crippen LogP contribution in [-0.2, 0) is 59.2 Å². The number of carbonyl (C=O) groups excluding carboxylic acids is 5. The molecule has 318 valence electrons. The fourth-order valence-electron chi connectivity index (χ4n) is 5.16. The van der Waals surface area contributed by atoms with E-state index in [4.69, 9.17) is 30.2 Å². The van der Waals surface area contributed by atoms with Crippen molar-refractivity contribution in [2.24, 2.45) is 5.73 Å². The number of carboxylic acids is 3. The second-order valence-corrected chi connectivity index (χ2v) is 13.9. The minimum absolute atomic E-state index is 0.0183. The standard InChI is InChI=1S/C34H50N6O16S/c1-16(29(47)40-21(33(52)53)9-10-24(43)39-22(31(49)36-11-25(44)45)15-57-14-20(35)32(50)51)37-30(48)17(2)55-28-26(38-18(3)42)34(56-23(12-41)27(28)46)54-13-19-7-5-4-6-8-19/h4-8,16-17,20-23,26-28,34,41,46H,9-15,35H2,1-3H3,(H,36,49)(H,37,48)(H,38,42)(H,39,43)(H,40,47)(H,44,45)(H,50,51)(H,52,53)/t16-,17+,20-,21+,22+,23?,26?,27+,28+,34-/m0/s1. The first kappa shape index (κ1) is 48.2. The van der Waals surface area contributed by atoms with Crippen molar-refractivity contribution >= 4 is 59.2 Å². The summed E-state index contributed by atoms with van der Waals surface area (Å²) < 4.78 is 17.5. The van der Waals surface area contributed by atoms with Gasteiger partial charge in [0.05, 0.1) is 13.2 Å². The lowest BCUT2D eigenvalue weighted by atomic mass is 9.96. The Hall–Kier alpha value is -4.91. The van der Waals surface area contributed by atoms with Gasteiger partial charge in [0.1, 0.15) is 61.2 Å². The van der Waals surface area contributed by atoms with E-state index in [0.29, 0.717) is 0 Å². The van der Waals surface area contributed by atoms with Crippen LogP contribution in [0.3, 0.4) is 0 Å². The molecule has 0 aromatic heterocycles. The average molecular weight is 831 g/mol. The van der Waals surface area contributed by atoms with Gasteiger partial charge in [-0.2, -0.15) is 11.8 Å². The molecule has 0 aliphatic carbocycles. The molecule has 1 aliphatic rings. The quantitative estimate of drug-likeness (QED) is 0.0477. The molecule has 2 unspecified atom stereocenters. The van der Waals surface area contributed by atoms with E-state index < -0.39 is 134 Å². The third-order valence-electron chi connectivity index (χ3n) is 8.20. The number of carbonyl (C=O) groups is 8. The lowest BCUT2D eigenvalue weighted by molar-refractivity contribution is -0.283. The number of rotatable bonds is 24. The van der Waals surface area contributed by atoms with E-state index in [1.165, 1.54) is 20.8 Å². The molecule has 0 radical (unpaired) electrons. The van der Waals surface area contributed by atoms with Crippen molar-refractivity contribution in [3.05, 3.63) is 35.9 Å². The minimum atomic E-state index is -1.66. The monoisotopic (exact) mass is 830 g/mol. The number of hydrogen-bond donors (Lipinski definition) is 11. The maximum Gasteiger partial charge on any atom is 0.326 e. The summed E-state index contributed by atoms with van der Waals surface area (Å²) in [5.41, 5.74) is 6.20. The summed E-state index contributed by atoms with van der Waals surface area (Å²) in [5, 5.41) is 60.0. The molecular formula is C34H50N6O16S. The highest BCUT2D eigenvalue weighted by atomic mass is 32.2. The number of hydrogen-bond acceptors (Lipinski definition) is 15. The maximum absolute atomic E-state index is 13.2. The van der Waals surface area contributed by atoms with Gasteiger partial charge in [-0.05, 0) is 25.8 Å². The van der Waals surface area contributed by atoms with Gasteiger partial charge in [-0.25, -0.2) is 4.79 Å². The Kier molecular flexibility index (Phi) is 20.3. The van der Waals surface area contributed by atoms with Crippen molar-refractivity contribution in [3.63, 3.8) is 0 Å². The maximum atomic E-state index is 13.2. The Morgan fingerprint density at radius 1 is 0.895 bits per heavy atom. The molecule has 1 saturated heterocycles. The zero-order valence-electron chi connectivity index (χ0n) is 31.3. The number of aliphatic hydroxyl groups excluding tert-OH is 2. The molecule has 2 rings (SSSR count). The minimum Gasteiger partial charge on any atom is -0.480 e. The van der Waals surface area contributed by atoms with E-state index in [9.17, 15) is 53.7 Å². The summed E-state index contributed by atoms with van der Waals surface area (Å²) in [7, 11) is 0. The third kappa shape index (κ3) is 16.6. The van der Waals surface area contributed by atoms with Crippen LogP contribution < -0.4 is 32.3 Å². The van der Waals surface area contributed by atoms with Crippen LogP contribution in [-0.4, -0.2) is 159 Å². The largest absolute Gasteiger partial charge is 0.480 e. The number of ether oxygens (including phenoxy) is 3. The van der Waals surface area contributed by atoms with Crippen molar-refractivity contribution < 1.29 is 78.1 Å². The van der Waals surface area contributed by atoms with Crippen LogP contribution in [0.2, 0.25) is 0 Å². The Labute approximate surface area is 330 Å². The van der Waals surface area contributed by atoms with Crippen LogP contribution in [0.4, 0.5) is 0 Å². The van der Waals surface area contributed by atoms with Crippen LogP contribution in [0, 0.1) is 0 Å². The molecule has 1 aliphatic heterocycles. The van der Waals surface area contributed by atoms with Crippen molar-refractivity contribution in [2.45, 2.75) is 101 Å². The second kappa shape index (κ2) is 24.0. The molecule has 22 nitrogen and oxygen atoms in total. The van der Waals surface area contributed by atoms with Crippen molar-refractivity contribution in [2.75, 3.05) is 24.7 Å². The molecule has 1 heterocycles. The number of aliphatic hydroxyl groups is 2. The SMILES string of the molecule is CC(=O)NC1[C@@H](OCc2ccccc2)OC(CO)[C@@H](O)[C@@H]1O[C@H](C)C(=O)N[C@@H](C)C(=O)N[C@H](CCC(=O)N[C@H](CSC[C@H](N)C(=O)O)C(=O)NCC(=O)O)C(=O)O. The van der Waals surface area contributed by atoms with Gasteiger partial charge in [0.25, 0.3) is 0 Å². The number of amides is 5. The first-order chi connectivity index (χ1) is 26.8. The molecular weight excluding hydrogens is 780 g/mol. The van der Waals surface area contributed by atoms with Crippen molar-refractivity contribution in [3.8, 4) is 0 Å². The zero-order chi connectivity index (χ0) is 42.8.